The monoisotopic (exact) mass is 339 g/mol. The largest absolute Gasteiger partial charge is 0.505 e. The van der Waals surface area contributed by atoms with Crippen molar-refractivity contribution in [1.29, 1.82) is 0 Å². The third-order valence-corrected chi connectivity index (χ3v) is 3.95. The second kappa shape index (κ2) is 7.17. The number of nitrogens with two attached hydrogens (primary N) is 1. The fourth-order valence-electron chi connectivity index (χ4n) is 2.74. The number of rotatable bonds is 6. The summed E-state index contributed by atoms with van der Waals surface area (Å²) in [5, 5.41) is 9.30. The van der Waals surface area contributed by atoms with Gasteiger partial charge in [0.25, 0.3) is 0 Å². The molecule has 0 aliphatic rings. The molecule has 1 aromatic heterocycles. The molecule has 25 heavy (non-hydrogen) atoms. The molecule has 0 unspecified atom stereocenters. The van der Waals surface area contributed by atoms with Crippen molar-refractivity contribution in [1.82, 2.24) is 9.55 Å². The number of halogens is 1. The molecule has 0 saturated heterocycles. The van der Waals surface area contributed by atoms with Crippen molar-refractivity contribution in [2.45, 2.75) is 19.4 Å². The summed E-state index contributed by atoms with van der Waals surface area (Å²) in [6.07, 6.45) is 2.27. The maximum Gasteiger partial charge on any atom is 0.223 e. The molecule has 1 heterocycles. The summed E-state index contributed by atoms with van der Waals surface area (Å²) in [4.78, 5) is 15.9. The minimum Gasteiger partial charge on any atom is -0.505 e. The average molecular weight is 339 g/mol. The molecule has 5 nitrogen and oxygen atoms in total. The number of aromatic nitrogens is 2. The van der Waals surface area contributed by atoms with E-state index in [4.69, 9.17) is 5.73 Å². The molecular weight excluding hydrogens is 321 g/mol. The summed E-state index contributed by atoms with van der Waals surface area (Å²) < 4.78 is 15.3. The number of phenolic OH excluding ortho intramolecular Hbond substituents is 1. The first-order valence-corrected chi connectivity index (χ1v) is 7.85. The first-order chi connectivity index (χ1) is 12.0. The van der Waals surface area contributed by atoms with Crippen LogP contribution in [0.1, 0.15) is 22.5 Å². The molecule has 1 amide bonds. The summed E-state index contributed by atoms with van der Waals surface area (Å²) in [6, 6.07) is 14.0. The normalized spacial score (nSPS) is 10.8. The molecule has 128 valence electrons. The van der Waals surface area contributed by atoms with Crippen molar-refractivity contribution in [3.63, 3.8) is 0 Å². The lowest BCUT2D eigenvalue weighted by atomic mass is 10.1. The molecule has 3 N–H and O–H groups in total. The Hall–Kier alpha value is -3.15. The highest BCUT2D eigenvalue weighted by atomic mass is 19.1. The second-order valence-corrected chi connectivity index (χ2v) is 5.86. The highest BCUT2D eigenvalue weighted by Crippen LogP contribution is 2.19. The van der Waals surface area contributed by atoms with Crippen molar-refractivity contribution in [2.75, 3.05) is 0 Å². The number of amides is 1. The number of benzene rings is 2. The lowest BCUT2D eigenvalue weighted by Crippen LogP contribution is -2.18. The predicted molar refractivity (Wildman–Crippen MR) is 91.5 cm³/mol. The van der Waals surface area contributed by atoms with Crippen molar-refractivity contribution in [3.05, 3.63) is 83.2 Å². The van der Waals surface area contributed by atoms with E-state index in [9.17, 15) is 14.3 Å². The predicted octanol–water partition coefficient (Wildman–Crippen LogP) is 2.39. The van der Waals surface area contributed by atoms with Gasteiger partial charge in [0.1, 0.15) is 0 Å². The molecule has 0 saturated carbocycles. The topological polar surface area (TPSA) is 81.1 Å². The van der Waals surface area contributed by atoms with E-state index in [1.807, 2.05) is 30.3 Å². The highest BCUT2D eigenvalue weighted by molar-refractivity contribution is 5.76. The maximum atomic E-state index is 13.5. The number of imidazole rings is 1. The van der Waals surface area contributed by atoms with Crippen LogP contribution in [0.4, 0.5) is 4.39 Å². The Kier molecular flexibility index (Phi) is 4.79. The van der Waals surface area contributed by atoms with Gasteiger partial charge in [0, 0.05) is 13.0 Å². The van der Waals surface area contributed by atoms with Crippen LogP contribution in [0.25, 0.3) is 0 Å². The number of carbonyl (C=O) groups is 1. The van der Waals surface area contributed by atoms with E-state index in [0.29, 0.717) is 24.2 Å². The van der Waals surface area contributed by atoms with Gasteiger partial charge in [-0.25, -0.2) is 9.37 Å². The minimum absolute atomic E-state index is 0.0583. The van der Waals surface area contributed by atoms with E-state index in [2.05, 4.69) is 4.98 Å². The Morgan fingerprint density at radius 3 is 2.60 bits per heavy atom. The first kappa shape index (κ1) is 16.7. The Morgan fingerprint density at radius 2 is 1.92 bits per heavy atom. The summed E-state index contributed by atoms with van der Waals surface area (Å²) in [5.74, 6) is -1.52. The van der Waals surface area contributed by atoms with Crippen molar-refractivity contribution >= 4 is 5.91 Å². The van der Waals surface area contributed by atoms with Crippen LogP contribution in [0.5, 0.6) is 5.75 Å². The molecule has 0 atom stereocenters. The minimum atomic E-state index is -0.682. The van der Waals surface area contributed by atoms with Crippen molar-refractivity contribution in [3.8, 4) is 5.75 Å². The van der Waals surface area contributed by atoms with Gasteiger partial charge in [-0.15, -0.1) is 0 Å². The molecular formula is C19H18FN3O2. The molecule has 0 bridgehead atoms. The Labute approximate surface area is 144 Å². The SMILES string of the molecule is NC(=O)Cc1c(Cc2ccccc2)ncn1Cc1ccc(O)c(F)c1. The Balaban J connectivity index is 1.90. The van der Waals surface area contributed by atoms with Crippen molar-refractivity contribution in [2.24, 2.45) is 5.73 Å². The van der Waals surface area contributed by atoms with Crippen LogP contribution in [-0.2, 0) is 24.2 Å². The zero-order valence-electron chi connectivity index (χ0n) is 13.5. The molecule has 3 aromatic rings. The number of carbonyl (C=O) groups excluding carboxylic acids is 1. The number of hydrogen-bond donors (Lipinski definition) is 2. The molecule has 0 spiro atoms. The summed E-state index contributed by atoms with van der Waals surface area (Å²) in [7, 11) is 0. The van der Waals surface area contributed by atoms with Crippen LogP contribution in [-0.4, -0.2) is 20.6 Å². The number of hydrogen-bond acceptors (Lipinski definition) is 3. The maximum absolute atomic E-state index is 13.5. The fourth-order valence-corrected chi connectivity index (χ4v) is 2.74. The van der Waals surface area contributed by atoms with Gasteiger partial charge in [-0.1, -0.05) is 36.4 Å². The van der Waals surface area contributed by atoms with E-state index >= 15 is 0 Å². The Morgan fingerprint density at radius 1 is 1.16 bits per heavy atom. The highest BCUT2D eigenvalue weighted by Gasteiger charge is 2.15. The van der Waals surface area contributed by atoms with Crippen LogP contribution < -0.4 is 5.73 Å². The van der Waals surface area contributed by atoms with Crippen molar-refractivity contribution < 1.29 is 14.3 Å². The zero-order valence-corrected chi connectivity index (χ0v) is 13.5. The van der Waals surface area contributed by atoms with Gasteiger partial charge < -0.3 is 15.4 Å². The van der Waals surface area contributed by atoms with Gasteiger partial charge in [0.05, 0.1) is 24.1 Å². The summed E-state index contributed by atoms with van der Waals surface area (Å²) in [6.45, 7) is 0.335. The van der Waals surface area contributed by atoms with E-state index in [1.54, 1.807) is 17.0 Å². The third-order valence-electron chi connectivity index (χ3n) is 3.95. The fraction of sp³-hybridized carbons (Fsp3) is 0.158. The molecule has 0 aliphatic carbocycles. The second-order valence-electron chi connectivity index (χ2n) is 5.86. The molecule has 3 rings (SSSR count). The van der Waals surface area contributed by atoms with Gasteiger partial charge in [0.15, 0.2) is 11.6 Å². The smallest absolute Gasteiger partial charge is 0.223 e. The Bertz CT molecular complexity index is 891. The average Bonchev–Trinajstić information content (AvgIpc) is 2.93. The van der Waals surface area contributed by atoms with Crippen LogP contribution in [0.3, 0.4) is 0 Å². The van der Waals surface area contributed by atoms with Gasteiger partial charge >= 0.3 is 0 Å². The molecule has 0 aliphatic heterocycles. The number of nitrogens with zero attached hydrogens (tertiary/aromatic N) is 2. The zero-order chi connectivity index (χ0) is 17.8. The van der Waals surface area contributed by atoms with E-state index < -0.39 is 17.5 Å². The molecule has 2 aromatic carbocycles. The van der Waals surface area contributed by atoms with Crippen LogP contribution in [0.15, 0.2) is 54.9 Å². The van der Waals surface area contributed by atoms with Crippen LogP contribution in [0.2, 0.25) is 0 Å². The van der Waals surface area contributed by atoms with Gasteiger partial charge in [-0.3, -0.25) is 4.79 Å². The first-order valence-electron chi connectivity index (χ1n) is 7.85. The standard InChI is InChI=1S/C19H18FN3O2/c20-15-8-14(6-7-18(15)24)11-23-12-22-16(17(23)10-19(21)25)9-13-4-2-1-3-5-13/h1-8,12,24H,9-11H2,(H2,21,25). The molecule has 0 radical (unpaired) electrons. The summed E-state index contributed by atoms with van der Waals surface area (Å²) >= 11 is 0. The molecule has 6 heteroatoms. The quantitative estimate of drug-likeness (QED) is 0.723. The van der Waals surface area contributed by atoms with Gasteiger partial charge in [-0.05, 0) is 23.3 Å². The number of aromatic hydroxyl groups is 1. The van der Waals surface area contributed by atoms with Gasteiger partial charge in [-0.2, -0.15) is 0 Å². The lowest BCUT2D eigenvalue weighted by molar-refractivity contribution is -0.117. The van der Waals surface area contributed by atoms with Crippen LogP contribution >= 0.6 is 0 Å². The summed E-state index contributed by atoms with van der Waals surface area (Å²) in [5.41, 5.74) is 8.59. The lowest BCUT2D eigenvalue weighted by Gasteiger charge is -2.10. The van der Waals surface area contributed by atoms with E-state index in [-0.39, 0.29) is 6.42 Å². The number of phenols is 1. The molecule has 0 fully saturated rings. The van der Waals surface area contributed by atoms with Gasteiger partial charge in [0.2, 0.25) is 5.91 Å². The van der Waals surface area contributed by atoms with E-state index in [0.717, 1.165) is 11.3 Å². The van der Waals surface area contributed by atoms with E-state index in [1.165, 1.54) is 12.1 Å². The number of primary amides is 1. The third kappa shape index (κ3) is 4.03. The van der Waals surface area contributed by atoms with Crippen LogP contribution in [0, 0.1) is 5.82 Å².